The van der Waals surface area contributed by atoms with Crippen LogP contribution in [0.5, 0.6) is 0 Å². The van der Waals surface area contributed by atoms with Crippen LogP contribution in [0.1, 0.15) is 45.2 Å². The Morgan fingerprint density at radius 2 is 1.57 bits per heavy atom. The molecule has 8 heteroatoms. The van der Waals surface area contributed by atoms with Gasteiger partial charge in [-0.05, 0) is 46.5 Å². The fourth-order valence-corrected chi connectivity index (χ4v) is 5.70. The van der Waals surface area contributed by atoms with Gasteiger partial charge in [-0.15, -0.1) is 24.8 Å². The molecule has 6 nitrogen and oxygen atoms in total. The predicted molar refractivity (Wildman–Crippen MR) is 171 cm³/mol. The van der Waals surface area contributed by atoms with Gasteiger partial charge in [0.05, 0.1) is 29.7 Å². The zero-order chi connectivity index (χ0) is 27.3. The van der Waals surface area contributed by atoms with Crippen LogP contribution in [-0.2, 0) is 13.1 Å². The second-order valence-corrected chi connectivity index (χ2v) is 10.3. The third-order valence-corrected chi connectivity index (χ3v) is 7.84. The molecule has 0 bridgehead atoms. The number of imidazole rings is 1. The monoisotopic (exact) mass is 597 g/mol. The van der Waals surface area contributed by atoms with Crippen molar-refractivity contribution in [1.29, 1.82) is 5.26 Å². The third kappa shape index (κ3) is 6.66. The Hall–Kier alpha value is -4.15. The van der Waals surface area contributed by atoms with Crippen LogP contribution in [-0.4, -0.2) is 44.9 Å². The SMILES string of the molecule is Cl.Cl.N#Cc1ccc(Cn2cncc2CN2CCC(c3ccccc3)N(C(=O)c3cccc4ccccc34)CC2)cc1. The number of carbonyl (C=O) groups is 1. The highest BCUT2D eigenvalue weighted by atomic mass is 35.5. The maximum Gasteiger partial charge on any atom is 0.255 e. The number of carbonyl (C=O) groups excluding carboxylic acids is 1. The summed E-state index contributed by atoms with van der Waals surface area (Å²) in [5, 5.41) is 11.2. The standard InChI is InChI=1S/C34H31N5O.2ClH/c35-21-26-13-15-27(16-14-26)23-38-25-36-22-30(38)24-37-18-17-33(29-8-2-1-3-9-29)39(20-19-37)34(40)32-12-6-10-28-7-4-5-11-31(28)32;;/h1-16,22,25,33H,17-20,23-24H2;2*1H. The Morgan fingerprint density at radius 1 is 0.833 bits per heavy atom. The number of aromatic nitrogens is 2. The molecule has 0 N–H and O–H groups in total. The molecular weight excluding hydrogens is 565 g/mol. The molecule has 1 atom stereocenters. The van der Waals surface area contributed by atoms with Crippen LogP contribution < -0.4 is 0 Å². The molecular formula is C34H33Cl2N5O. The van der Waals surface area contributed by atoms with Crippen molar-refractivity contribution < 1.29 is 4.79 Å². The summed E-state index contributed by atoms with van der Waals surface area (Å²) in [6, 6.07) is 34.4. The van der Waals surface area contributed by atoms with E-state index in [0.717, 1.165) is 53.6 Å². The van der Waals surface area contributed by atoms with Crippen LogP contribution in [0.4, 0.5) is 0 Å². The second kappa shape index (κ2) is 14.2. The van der Waals surface area contributed by atoms with Crippen molar-refractivity contribution in [2.45, 2.75) is 25.6 Å². The summed E-state index contributed by atoms with van der Waals surface area (Å²) in [4.78, 5) is 23.1. The summed E-state index contributed by atoms with van der Waals surface area (Å²) in [7, 11) is 0. The highest BCUT2D eigenvalue weighted by Crippen LogP contribution is 2.31. The molecule has 0 spiro atoms. The molecule has 42 heavy (non-hydrogen) atoms. The van der Waals surface area contributed by atoms with Gasteiger partial charge in [0.2, 0.25) is 0 Å². The predicted octanol–water partition coefficient (Wildman–Crippen LogP) is 6.89. The number of amides is 1. The second-order valence-electron chi connectivity index (χ2n) is 10.3. The summed E-state index contributed by atoms with van der Waals surface area (Å²) < 4.78 is 2.17. The first-order valence-electron chi connectivity index (χ1n) is 13.7. The minimum Gasteiger partial charge on any atom is -0.330 e. The quantitative estimate of drug-likeness (QED) is 0.214. The van der Waals surface area contributed by atoms with Crippen LogP contribution in [0.25, 0.3) is 10.8 Å². The van der Waals surface area contributed by atoms with Gasteiger partial charge in [0.15, 0.2) is 0 Å². The highest BCUT2D eigenvalue weighted by Gasteiger charge is 2.30. The van der Waals surface area contributed by atoms with E-state index in [1.54, 1.807) is 0 Å². The number of nitriles is 1. The van der Waals surface area contributed by atoms with E-state index in [0.29, 0.717) is 18.7 Å². The van der Waals surface area contributed by atoms with Crippen LogP contribution in [0.2, 0.25) is 0 Å². The number of nitrogens with zero attached hydrogens (tertiary/aromatic N) is 5. The van der Waals surface area contributed by atoms with Gasteiger partial charge in [0.1, 0.15) is 0 Å². The van der Waals surface area contributed by atoms with Crippen molar-refractivity contribution in [3.05, 3.63) is 138 Å². The van der Waals surface area contributed by atoms with Gasteiger partial charge in [0, 0.05) is 44.5 Å². The number of hydrogen-bond acceptors (Lipinski definition) is 4. The minimum atomic E-state index is 0. The van der Waals surface area contributed by atoms with Crippen molar-refractivity contribution >= 4 is 41.5 Å². The van der Waals surface area contributed by atoms with E-state index in [2.05, 4.69) is 61.8 Å². The third-order valence-electron chi connectivity index (χ3n) is 7.84. The molecule has 5 aromatic rings. The van der Waals surface area contributed by atoms with E-state index in [-0.39, 0.29) is 36.8 Å². The van der Waals surface area contributed by atoms with Gasteiger partial charge in [-0.1, -0.05) is 78.9 Å². The molecule has 6 rings (SSSR count). The molecule has 1 aliphatic rings. The van der Waals surface area contributed by atoms with E-state index in [9.17, 15) is 4.79 Å². The molecule has 0 aliphatic carbocycles. The van der Waals surface area contributed by atoms with E-state index >= 15 is 0 Å². The van der Waals surface area contributed by atoms with Gasteiger partial charge in [-0.3, -0.25) is 9.69 Å². The summed E-state index contributed by atoms with van der Waals surface area (Å²) in [6.07, 6.45) is 4.65. The normalized spacial score (nSPS) is 15.2. The average Bonchev–Trinajstić information content (AvgIpc) is 3.33. The Kier molecular flexibility index (Phi) is 10.4. The molecule has 2 heterocycles. The fraction of sp³-hybridized carbons (Fsp3) is 0.206. The Labute approximate surface area is 259 Å². The summed E-state index contributed by atoms with van der Waals surface area (Å²) in [5.74, 6) is 0.0818. The first-order valence-corrected chi connectivity index (χ1v) is 13.7. The topological polar surface area (TPSA) is 65.2 Å². The zero-order valence-electron chi connectivity index (χ0n) is 23.2. The van der Waals surface area contributed by atoms with Gasteiger partial charge >= 0.3 is 0 Å². The summed E-state index contributed by atoms with van der Waals surface area (Å²) >= 11 is 0. The van der Waals surface area contributed by atoms with Crippen molar-refractivity contribution in [2.75, 3.05) is 19.6 Å². The fourth-order valence-electron chi connectivity index (χ4n) is 5.70. The van der Waals surface area contributed by atoms with E-state index in [1.165, 1.54) is 5.56 Å². The smallest absolute Gasteiger partial charge is 0.255 e. The Balaban J connectivity index is 0.00000202. The van der Waals surface area contributed by atoms with Gasteiger partial charge in [0.25, 0.3) is 5.91 Å². The number of benzene rings is 4. The van der Waals surface area contributed by atoms with Crippen LogP contribution in [0.15, 0.2) is 110 Å². The van der Waals surface area contributed by atoms with Crippen LogP contribution in [0, 0.1) is 11.3 Å². The van der Waals surface area contributed by atoms with Crippen molar-refractivity contribution in [1.82, 2.24) is 19.4 Å². The number of fused-ring (bicyclic) bond motifs is 1. The molecule has 1 unspecified atom stereocenters. The van der Waals surface area contributed by atoms with E-state index in [1.807, 2.05) is 73.2 Å². The lowest BCUT2D eigenvalue weighted by atomic mass is 9.99. The first kappa shape index (κ1) is 30.8. The summed E-state index contributed by atoms with van der Waals surface area (Å²) in [6.45, 7) is 3.76. The lowest BCUT2D eigenvalue weighted by Gasteiger charge is -2.30. The van der Waals surface area contributed by atoms with Crippen molar-refractivity contribution in [3.8, 4) is 6.07 Å². The lowest BCUT2D eigenvalue weighted by Crippen LogP contribution is -2.37. The van der Waals surface area contributed by atoms with E-state index < -0.39 is 0 Å². The number of halogens is 2. The molecule has 1 amide bonds. The molecule has 0 radical (unpaired) electrons. The maximum absolute atomic E-state index is 14.2. The van der Waals surface area contributed by atoms with Crippen molar-refractivity contribution in [3.63, 3.8) is 0 Å². The molecule has 1 fully saturated rings. The molecule has 1 saturated heterocycles. The number of hydrogen-bond donors (Lipinski definition) is 0. The molecule has 1 aliphatic heterocycles. The van der Waals surface area contributed by atoms with Gasteiger partial charge < -0.3 is 9.47 Å². The van der Waals surface area contributed by atoms with Crippen LogP contribution >= 0.6 is 24.8 Å². The van der Waals surface area contributed by atoms with Crippen LogP contribution in [0.3, 0.4) is 0 Å². The Bertz CT molecular complexity index is 1660. The summed E-state index contributed by atoms with van der Waals surface area (Å²) in [5.41, 5.74) is 4.85. The Morgan fingerprint density at radius 3 is 2.36 bits per heavy atom. The molecule has 4 aromatic carbocycles. The lowest BCUT2D eigenvalue weighted by molar-refractivity contribution is 0.0687. The molecule has 1 aromatic heterocycles. The maximum atomic E-state index is 14.2. The van der Waals surface area contributed by atoms with Gasteiger partial charge in [-0.25, -0.2) is 4.98 Å². The first-order chi connectivity index (χ1) is 19.7. The van der Waals surface area contributed by atoms with E-state index in [4.69, 9.17) is 5.26 Å². The number of rotatable bonds is 6. The molecule has 214 valence electrons. The largest absolute Gasteiger partial charge is 0.330 e. The molecule has 0 saturated carbocycles. The average molecular weight is 599 g/mol. The van der Waals surface area contributed by atoms with Gasteiger partial charge in [-0.2, -0.15) is 5.26 Å². The zero-order valence-corrected chi connectivity index (χ0v) is 24.8. The highest BCUT2D eigenvalue weighted by molar-refractivity contribution is 6.07. The minimum absolute atomic E-state index is 0. The van der Waals surface area contributed by atoms with Crippen molar-refractivity contribution in [2.24, 2.45) is 0 Å².